The normalized spacial score (nSPS) is 20.3. The summed E-state index contributed by atoms with van der Waals surface area (Å²) in [4.78, 5) is 52.8. The van der Waals surface area contributed by atoms with Crippen molar-refractivity contribution in [3.05, 3.63) is 73.8 Å². The number of nitrogens with zero attached hydrogens (tertiary/aromatic N) is 4. The number of hydrogen-bond acceptors (Lipinski definition) is 8. The molecule has 0 saturated carbocycles. The van der Waals surface area contributed by atoms with Crippen molar-refractivity contribution in [1.82, 2.24) is 0 Å². The summed E-state index contributed by atoms with van der Waals surface area (Å²) < 4.78 is 0. The molecule has 29 heavy (non-hydrogen) atoms. The number of aryl methyl sites for hydroxylation is 1. The van der Waals surface area contributed by atoms with Gasteiger partial charge in [0.05, 0.1) is 15.5 Å². The van der Waals surface area contributed by atoms with E-state index in [1.807, 2.05) is 0 Å². The molecule has 0 unspecified atom stereocenters. The van der Waals surface area contributed by atoms with E-state index in [9.17, 15) is 29.8 Å². The maximum atomic E-state index is 13.1. The molecule has 0 N–H and O–H groups in total. The van der Waals surface area contributed by atoms with Gasteiger partial charge in [0, 0.05) is 29.8 Å². The van der Waals surface area contributed by atoms with Crippen molar-refractivity contribution < 1.29 is 24.3 Å². The third-order valence-corrected chi connectivity index (χ3v) is 4.81. The first-order valence-electron chi connectivity index (χ1n) is 8.41. The molecule has 0 aliphatic carbocycles. The molecule has 2 atom stereocenters. The first kappa shape index (κ1) is 18.2. The standard InChI is InChI=1S/C18H12N4O7/c1-9-5-6-12(22(27)28)8-13(9)20-17(23)14-15(19-29-16(14)18(20)24)10-3-2-4-11(7-10)21(25)26/h2-8,14,16H,1H3/t14-,16+/m0/s1. The molecule has 2 aliphatic heterocycles. The summed E-state index contributed by atoms with van der Waals surface area (Å²) in [5.74, 6) is -2.46. The van der Waals surface area contributed by atoms with Gasteiger partial charge in [-0.2, -0.15) is 0 Å². The van der Waals surface area contributed by atoms with E-state index in [1.54, 1.807) is 6.92 Å². The minimum atomic E-state index is -1.23. The highest BCUT2D eigenvalue weighted by atomic mass is 16.7. The van der Waals surface area contributed by atoms with Gasteiger partial charge in [-0.05, 0) is 12.5 Å². The van der Waals surface area contributed by atoms with Crippen LogP contribution in [0.5, 0.6) is 0 Å². The Morgan fingerprint density at radius 2 is 1.69 bits per heavy atom. The van der Waals surface area contributed by atoms with Crippen LogP contribution in [-0.4, -0.2) is 33.5 Å². The predicted molar refractivity (Wildman–Crippen MR) is 98.3 cm³/mol. The van der Waals surface area contributed by atoms with Gasteiger partial charge in [0.1, 0.15) is 11.6 Å². The molecule has 2 aromatic carbocycles. The van der Waals surface area contributed by atoms with Gasteiger partial charge in [-0.1, -0.05) is 23.4 Å². The topological polar surface area (TPSA) is 145 Å². The summed E-state index contributed by atoms with van der Waals surface area (Å²) in [7, 11) is 0. The molecule has 2 aromatic rings. The molecule has 0 radical (unpaired) electrons. The monoisotopic (exact) mass is 396 g/mol. The number of fused-ring (bicyclic) bond motifs is 1. The lowest BCUT2D eigenvalue weighted by Gasteiger charge is -2.17. The first-order chi connectivity index (χ1) is 13.8. The fourth-order valence-electron chi connectivity index (χ4n) is 3.38. The van der Waals surface area contributed by atoms with Gasteiger partial charge in [-0.25, -0.2) is 4.90 Å². The fraction of sp³-hybridized carbons (Fsp3) is 0.167. The minimum Gasteiger partial charge on any atom is -0.381 e. The van der Waals surface area contributed by atoms with E-state index >= 15 is 0 Å². The molecule has 146 valence electrons. The molecule has 2 heterocycles. The van der Waals surface area contributed by atoms with Crippen LogP contribution in [-0.2, 0) is 14.4 Å². The van der Waals surface area contributed by atoms with Crippen molar-refractivity contribution >= 4 is 34.6 Å². The van der Waals surface area contributed by atoms with E-state index in [4.69, 9.17) is 4.84 Å². The van der Waals surface area contributed by atoms with E-state index in [1.165, 1.54) is 36.4 Å². The Hall–Kier alpha value is -4.15. The van der Waals surface area contributed by atoms with Crippen molar-refractivity contribution in [3.63, 3.8) is 0 Å². The van der Waals surface area contributed by atoms with Gasteiger partial charge < -0.3 is 4.84 Å². The second-order valence-corrected chi connectivity index (χ2v) is 6.53. The van der Waals surface area contributed by atoms with Gasteiger partial charge in [0.2, 0.25) is 12.0 Å². The van der Waals surface area contributed by atoms with Crippen molar-refractivity contribution in [2.75, 3.05) is 4.90 Å². The van der Waals surface area contributed by atoms with Crippen LogP contribution >= 0.6 is 0 Å². The smallest absolute Gasteiger partial charge is 0.278 e. The highest BCUT2D eigenvalue weighted by Crippen LogP contribution is 2.37. The second-order valence-electron chi connectivity index (χ2n) is 6.53. The molecular weight excluding hydrogens is 384 g/mol. The summed E-state index contributed by atoms with van der Waals surface area (Å²) in [5.41, 5.74) is 0.498. The van der Waals surface area contributed by atoms with Crippen LogP contribution in [0, 0.1) is 33.1 Å². The van der Waals surface area contributed by atoms with Gasteiger partial charge in [-0.3, -0.25) is 29.8 Å². The number of anilines is 1. The zero-order chi connectivity index (χ0) is 20.9. The molecule has 11 nitrogen and oxygen atoms in total. The highest BCUT2D eigenvalue weighted by Gasteiger charge is 2.56. The van der Waals surface area contributed by atoms with Crippen molar-refractivity contribution in [2.45, 2.75) is 13.0 Å². The average molecular weight is 396 g/mol. The SMILES string of the molecule is Cc1ccc([N+](=O)[O-])cc1N1C(=O)[C@H]2C(c3cccc([N+](=O)[O-])c3)=NO[C@H]2C1=O. The number of carbonyl (C=O) groups is 2. The number of amides is 2. The van der Waals surface area contributed by atoms with Gasteiger partial charge in [-0.15, -0.1) is 0 Å². The van der Waals surface area contributed by atoms with Crippen molar-refractivity contribution in [3.8, 4) is 0 Å². The highest BCUT2D eigenvalue weighted by molar-refractivity contribution is 6.32. The number of oxime groups is 1. The van der Waals surface area contributed by atoms with Crippen molar-refractivity contribution in [2.24, 2.45) is 11.1 Å². The Kier molecular flexibility index (Phi) is 4.07. The lowest BCUT2D eigenvalue weighted by molar-refractivity contribution is -0.385. The number of non-ortho nitro benzene ring substituents is 2. The lowest BCUT2D eigenvalue weighted by Crippen LogP contribution is -2.33. The summed E-state index contributed by atoms with van der Waals surface area (Å²) in [6.07, 6.45) is -1.23. The first-order valence-corrected chi connectivity index (χ1v) is 8.41. The van der Waals surface area contributed by atoms with Gasteiger partial charge in [0.25, 0.3) is 17.3 Å². The van der Waals surface area contributed by atoms with Crippen LogP contribution in [0.15, 0.2) is 47.6 Å². The zero-order valence-corrected chi connectivity index (χ0v) is 14.8. The lowest BCUT2D eigenvalue weighted by atomic mass is 9.94. The van der Waals surface area contributed by atoms with Crippen LogP contribution in [0.1, 0.15) is 11.1 Å². The number of benzene rings is 2. The van der Waals surface area contributed by atoms with E-state index < -0.39 is 33.7 Å². The maximum absolute atomic E-state index is 13.1. The van der Waals surface area contributed by atoms with E-state index in [2.05, 4.69) is 5.16 Å². The van der Waals surface area contributed by atoms with E-state index in [0.29, 0.717) is 5.56 Å². The van der Waals surface area contributed by atoms with Crippen molar-refractivity contribution in [1.29, 1.82) is 0 Å². The number of nitro groups is 2. The third-order valence-electron chi connectivity index (χ3n) is 4.81. The summed E-state index contributed by atoms with van der Waals surface area (Å²) in [6.45, 7) is 1.62. The quantitative estimate of drug-likeness (QED) is 0.437. The van der Waals surface area contributed by atoms with Crippen LogP contribution in [0.4, 0.5) is 17.1 Å². The molecule has 2 amide bonds. The summed E-state index contributed by atoms with van der Waals surface area (Å²) >= 11 is 0. The average Bonchev–Trinajstić information content (AvgIpc) is 3.23. The minimum absolute atomic E-state index is 0.0885. The van der Waals surface area contributed by atoms with E-state index in [-0.39, 0.29) is 28.3 Å². The molecule has 1 fully saturated rings. The Morgan fingerprint density at radius 1 is 1.00 bits per heavy atom. The van der Waals surface area contributed by atoms with Crippen LogP contribution in [0.25, 0.3) is 0 Å². The van der Waals surface area contributed by atoms with Crippen LogP contribution < -0.4 is 4.90 Å². The Bertz CT molecular complexity index is 1130. The van der Waals surface area contributed by atoms with E-state index in [0.717, 1.165) is 11.0 Å². The number of imide groups is 1. The molecule has 0 aromatic heterocycles. The molecule has 0 spiro atoms. The second kappa shape index (κ2) is 6.48. The van der Waals surface area contributed by atoms with Crippen LogP contribution in [0.3, 0.4) is 0 Å². The third kappa shape index (κ3) is 2.79. The summed E-state index contributed by atoms with van der Waals surface area (Å²) in [6, 6.07) is 9.36. The molecule has 11 heteroatoms. The van der Waals surface area contributed by atoms with Crippen LogP contribution in [0.2, 0.25) is 0 Å². The summed E-state index contributed by atoms with van der Waals surface area (Å²) in [5, 5.41) is 25.9. The largest absolute Gasteiger partial charge is 0.381 e. The molecule has 1 saturated heterocycles. The predicted octanol–water partition coefficient (Wildman–Crippen LogP) is 2.10. The molecular formula is C18H12N4O7. The number of nitro benzene ring substituents is 2. The maximum Gasteiger partial charge on any atom is 0.278 e. The van der Waals surface area contributed by atoms with Gasteiger partial charge >= 0.3 is 0 Å². The Balaban J connectivity index is 1.73. The number of carbonyl (C=O) groups excluding carboxylic acids is 2. The molecule has 2 aliphatic rings. The Morgan fingerprint density at radius 3 is 2.38 bits per heavy atom. The fourth-order valence-corrected chi connectivity index (χ4v) is 3.38. The molecule has 0 bridgehead atoms. The van der Waals surface area contributed by atoms with Gasteiger partial charge in [0.15, 0.2) is 0 Å². The zero-order valence-electron chi connectivity index (χ0n) is 14.8. The Labute approximate surface area is 162 Å². The molecule has 4 rings (SSSR count). The number of hydrogen-bond donors (Lipinski definition) is 0. The number of rotatable bonds is 4.